The molecule has 6 nitrogen and oxygen atoms in total. The number of rotatable bonds is 1. The van der Waals surface area contributed by atoms with Gasteiger partial charge in [-0.3, -0.25) is 4.79 Å². The number of carbonyl (C=O) groups excluding carboxylic acids is 1. The monoisotopic (exact) mass is 345 g/mol. The number of hydrogen-bond donors (Lipinski definition) is 2. The predicted octanol–water partition coefficient (Wildman–Crippen LogP) is 1.78. The summed E-state index contributed by atoms with van der Waals surface area (Å²) in [6.07, 6.45) is 3.23. The Bertz CT molecular complexity index is 763. The Morgan fingerprint density at radius 1 is 1.21 bits per heavy atom. The lowest BCUT2D eigenvalue weighted by Gasteiger charge is -2.41. The van der Waals surface area contributed by atoms with Gasteiger partial charge in [-0.2, -0.15) is 0 Å². The Morgan fingerprint density at radius 2 is 2.00 bits per heavy atom. The minimum Gasteiger partial charge on any atom is -0.355 e. The van der Waals surface area contributed by atoms with Gasteiger partial charge in [0.05, 0.1) is 10.2 Å². The number of nitrogens with one attached hydrogen (secondary N) is 2. The highest BCUT2D eigenvalue weighted by Gasteiger charge is 2.44. The molecule has 0 radical (unpaired) electrons. The Balaban J connectivity index is 1.54. The standard InChI is InChI=1S/C17H23N5OS/c1-16(2)9-18-15(23)17(21-10-16)4-6-22(7-5-17)14-13-12(3-8-24-13)19-11-20-14/h3,8,11,21H,4-7,9-10H2,1-2H3,(H,18,23). The Morgan fingerprint density at radius 3 is 2.79 bits per heavy atom. The summed E-state index contributed by atoms with van der Waals surface area (Å²) in [6.45, 7) is 7.60. The summed E-state index contributed by atoms with van der Waals surface area (Å²) in [5.41, 5.74) is 0.648. The van der Waals surface area contributed by atoms with Crippen LogP contribution in [0.4, 0.5) is 5.82 Å². The molecule has 2 aromatic heterocycles. The van der Waals surface area contributed by atoms with E-state index in [0.717, 1.165) is 55.1 Å². The van der Waals surface area contributed by atoms with Gasteiger partial charge in [0, 0.05) is 26.2 Å². The molecule has 2 aromatic rings. The zero-order valence-electron chi connectivity index (χ0n) is 14.1. The second-order valence-corrected chi connectivity index (χ2v) is 8.52. The van der Waals surface area contributed by atoms with Crippen LogP contribution < -0.4 is 15.5 Å². The van der Waals surface area contributed by atoms with E-state index in [4.69, 9.17) is 0 Å². The summed E-state index contributed by atoms with van der Waals surface area (Å²) in [5, 5.41) is 8.76. The molecule has 0 bridgehead atoms. The van der Waals surface area contributed by atoms with Crippen molar-refractivity contribution in [2.24, 2.45) is 5.41 Å². The molecule has 2 aliphatic heterocycles. The highest BCUT2D eigenvalue weighted by molar-refractivity contribution is 7.17. The summed E-state index contributed by atoms with van der Waals surface area (Å²) in [4.78, 5) is 23.8. The smallest absolute Gasteiger partial charge is 0.240 e. The predicted molar refractivity (Wildman–Crippen MR) is 96.4 cm³/mol. The molecular formula is C17H23N5OS. The summed E-state index contributed by atoms with van der Waals surface area (Å²) in [6, 6.07) is 2.03. The van der Waals surface area contributed by atoms with Crippen LogP contribution in [0.5, 0.6) is 0 Å². The van der Waals surface area contributed by atoms with Crippen molar-refractivity contribution in [2.75, 3.05) is 31.1 Å². The maximum absolute atomic E-state index is 12.7. The van der Waals surface area contributed by atoms with E-state index in [9.17, 15) is 4.79 Å². The summed E-state index contributed by atoms with van der Waals surface area (Å²) in [5.74, 6) is 1.15. The fourth-order valence-electron chi connectivity index (χ4n) is 3.55. The number of piperidine rings is 1. The number of anilines is 1. The third-order valence-corrected chi connectivity index (χ3v) is 6.11. The van der Waals surface area contributed by atoms with Crippen molar-refractivity contribution in [3.63, 3.8) is 0 Å². The van der Waals surface area contributed by atoms with Crippen LogP contribution in [0.1, 0.15) is 26.7 Å². The maximum Gasteiger partial charge on any atom is 0.240 e. The van der Waals surface area contributed by atoms with E-state index in [1.807, 2.05) is 6.07 Å². The maximum atomic E-state index is 12.7. The van der Waals surface area contributed by atoms with E-state index in [0.29, 0.717) is 0 Å². The number of nitrogens with zero attached hydrogens (tertiary/aromatic N) is 3. The summed E-state index contributed by atoms with van der Waals surface area (Å²) < 4.78 is 1.13. The molecule has 0 unspecified atom stereocenters. The minimum absolute atomic E-state index is 0.0894. The van der Waals surface area contributed by atoms with Crippen molar-refractivity contribution in [3.8, 4) is 0 Å². The van der Waals surface area contributed by atoms with Crippen molar-refractivity contribution >= 4 is 33.3 Å². The van der Waals surface area contributed by atoms with Gasteiger partial charge in [0.25, 0.3) is 0 Å². The average molecular weight is 345 g/mol. The Labute approximate surface area is 145 Å². The number of thiophene rings is 1. The van der Waals surface area contributed by atoms with Crippen molar-refractivity contribution < 1.29 is 4.79 Å². The second-order valence-electron chi connectivity index (χ2n) is 7.60. The van der Waals surface area contributed by atoms with Gasteiger partial charge < -0.3 is 15.5 Å². The second kappa shape index (κ2) is 5.67. The van der Waals surface area contributed by atoms with E-state index in [1.54, 1.807) is 17.7 Å². The van der Waals surface area contributed by atoms with Crippen molar-refractivity contribution in [1.29, 1.82) is 0 Å². The molecule has 128 valence electrons. The number of hydrogen-bond acceptors (Lipinski definition) is 6. The van der Waals surface area contributed by atoms with Crippen LogP contribution >= 0.6 is 11.3 Å². The first-order chi connectivity index (χ1) is 11.5. The fourth-order valence-corrected chi connectivity index (χ4v) is 4.41. The van der Waals surface area contributed by atoms with Crippen molar-refractivity contribution in [2.45, 2.75) is 32.2 Å². The normalized spacial score (nSPS) is 23.2. The van der Waals surface area contributed by atoms with Gasteiger partial charge in [-0.15, -0.1) is 11.3 Å². The third kappa shape index (κ3) is 2.65. The first-order valence-corrected chi connectivity index (χ1v) is 9.34. The first kappa shape index (κ1) is 15.8. The molecule has 7 heteroatoms. The fraction of sp³-hybridized carbons (Fsp3) is 0.588. The number of aromatic nitrogens is 2. The molecule has 0 aliphatic carbocycles. The van der Waals surface area contributed by atoms with E-state index in [1.165, 1.54) is 0 Å². The molecular weight excluding hydrogens is 322 g/mol. The van der Waals surface area contributed by atoms with Gasteiger partial charge in [-0.1, -0.05) is 13.8 Å². The van der Waals surface area contributed by atoms with Crippen LogP contribution in [-0.2, 0) is 4.79 Å². The number of amides is 1. The quantitative estimate of drug-likeness (QED) is 0.824. The summed E-state index contributed by atoms with van der Waals surface area (Å²) in [7, 11) is 0. The van der Waals surface area contributed by atoms with E-state index < -0.39 is 5.54 Å². The molecule has 24 heavy (non-hydrogen) atoms. The Hall–Kier alpha value is -1.73. The first-order valence-electron chi connectivity index (χ1n) is 8.46. The average Bonchev–Trinajstić information content (AvgIpc) is 3.03. The van der Waals surface area contributed by atoms with E-state index in [-0.39, 0.29) is 11.3 Å². The molecule has 2 saturated heterocycles. The number of fused-ring (bicyclic) bond motifs is 1. The molecule has 2 N–H and O–H groups in total. The minimum atomic E-state index is -0.439. The van der Waals surface area contributed by atoms with Crippen LogP contribution in [0.3, 0.4) is 0 Å². The van der Waals surface area contributed by atoms with Gasteiger partial charge in [-0.25, -0.2) is 9.97 Å². The van der Waals surface area contributed by atoms with Crippen molar-refractivity contribution in [3.05, 3.63) is 17.8 Å². The van der Waals surface area contributed by atoms with Gasteiger partial charge in [0.2, 0.25) is 5.91 Å². The molecule has 0 aromatic carbocycles. The van der Waals surface area contributed by atoms with Crippen molar-refractivity contribution in [1.82, 2.24) is 20.6 Å². The molecule has 2 fully saturated rings. The molecule has 1 spiro atoms. The highest BCUT2D eigenvalue weighted by Crippen LogP contribution is 2.33. The van der Waals surface area contributed by atoms with Crippen LogP contribution in [0.2, 0.25) is 0 Å². The lowest BCUT2D eigenvalue weighted by atomic mass is 9.86. The van der Waals surface area contributed by atoms with Gasteiger partial charge >= 0.3 is 0 Å². The van der Waals surface area contributed by atoms with Crippen LogP contribution in [0, 0.1) is 5.41 Å². The highest BCUT2D eigenvalue weighted by atomic mass is 32.1. The van der Waals surface area contributed by atoms with Crippen LogP contribution in [-0.4, -0.2) is 47.6 Å². The van der Waals surface area contributed by atoms with Crippen LogP contribution in [0.15, 0.2) is 17.8 Å². The molecule has 2 aliphatic rings. The van der Waals surface area contributed by atoms with E-state index >= 15 is 0 Å². The Kier molecular flexibility index (Phi) is 3.73. The van der Waals surface area contributed by atoms with E-state index in [2.05, 4.69) is 44.7 Å². The molecule has 0 saturated carbocycles. The molecule has 1 amide bonds. The zero-order chi connectivity index (χ0) is 16.8. The topological polar surface area (TPSA) is 70.2 Å². The largest absolute Gasteiger partial charge is 0.355 e. The lowest BCUT2D eigenvalue weighted by Crippen LogP contribution is -2.60. The zero-order valence-corrected chi connectivity index (χ0v) is 14.9. The third-order valence-electron chi connectivity index (χ3n) is 5.21. The molecule has 4 heterocycles. The molecule has 0 atom stereocenters. The lowest BCUT2D eigenvalue weighted by molar-refractivity contribution is -0.127. The van der Waals surface area contributed by atoms with Gasteiger partial charge in [0.15, 0.2) is 0 Å². The summed E-state index contributed by atoms with van der Waals surface area (Å²) >= 11 is 1.68. The van der Waals surface area contributed by atoms with Gasteiger partial charge in [0.1, 0.15) is 17.7 Å². The SMILES string of the molecule is CC1(C)CNC(=O)C2(CCN(c3ncnc4ccsc34)CC2)NC1. The van der Waals surface area contributed by atoms with Gasteiger partial charge in [-0.05, 0) is 29.7 Å². The number of carbonyl (C=O) groups is 1. The molecule has 4 rings (SSSR count). The van der Waals surface area contributed by atoms with Crippen LogP contribution in [0.25, 0.3) is 10.2 Å².